The van der Waals surface area contributed by atoms with E-state index in [9.17, 15) is 4.79 Å². The molecule has 1 heterocycles. The number of hydrogen-bond donors (Lipinski definition) is 2. The van der Waals surface area contributed by atoms with Gasteiger partial charge in [-0.25, -0.2) is 4.98 Å². The molecule has 144 valence electrons. The molecule has 1 amide bonds. The second kappa shape index (κ2) is 8.44. The van der Waals surface area contributed by atoms with Crippen LogP contribution in [0, 0.1) is 6.92 Å². The van der Waals surface area contributed by atoms with Crippen LogP contribution in [0.25, 0.3) is 11.5 Å². The predicted molar refractivity (Wildman–Crippen MR) is 115 cm³/mol. The van der Waals surface area contributed by atoms with Gasteiger partial charge in [0.2, 0.25) is 11.8 Å². The number of aromatic nitrogens is 1. The number of anilines is 3. The lowest BCUT2D eigenvalue weighted by molar-refractivity contribution is -0.115. The third kappa shape index (κ3) is 4.71. The van der Waals surface area contributed by atoms with Crippen LogP contribution in [0.1, 0.15) is 11.5 Å². The van der Waals surface area contributed by atoms with Crippen LogP contribution in [0.4, 0.5) is 17.1 Å². The van der Waals surface area contributed by atoms with Gasteiger partial charge in [0, 0.05) is 22.6 Å². The molecule has 0 unspecified atom stereocenters. The van der Waals surface area contributed by atoms with Crippen LogP contribution in [0.5, 0.6) is 0 Å². The number of hydrogen-bond acceptors (Lipinski definition) is 4. The fraction of sp³-hybridized carbons (Fsp3) is 0.0833. The van der Waals surface area contributed by atoms with Crippen molar-refractivity contribution in [3.8, 4) is 11.5 Å². The topological polar surface area (TPSA) is 67.2 Å². The van der Waals surface area contributed by atoms with Crippen molar-refractivity contribution in [3.05, 3.63) is 96.4 Å². The zero-order valence-electron chi connectivity index (χ0n) is 16.1. The summed E-state index contributed by atoms with van der Waals surface area (Å²) < 4.78 is 5.72. The molecular formula is C24H21N3O2. The van der Waals surface area contributed by atoms with E-state index in [1.165, 1.54) is 0 Å². The number of carbonyl (C=O) groups excluding carboxylic acids is 1. The number of amides is 1. The number of carbonyl (C=O) groups is 1. The van der Waals surface area contributed by atoms with Gasteiger partial charge in [0.1, 0.15) is 5.76 Å². The van der Waals surface area contributed by atoms with E-state index in [4.69, 9.17) is 4.42 Å². The van der Waals surface area contributed by atoms with Crippen molar-refractivity contribution in [2.75, 3.05) is 10.6 Å². The number of oxazole rings is 1. The quantitative estimate of drug-likeness (QED) is 0.456. The standard InChI is InChI=1S/C24H21N3O2/c1-17-22(27-24(29-17)18-8-4-2-5-9-18)16-23(28)26-21-14-12-20(13-15-21)25-19-10-6-3-7-11-19/h2-15,25H,16H2,1H3,(H,26,28). The fourth-order valence-corrected chi connectivity index (χ4v) is 2.98. The van der Waals surface area contributed by atoms with Gasteiger partial charge in [0.25, 0.3) is 0 Å². The minimum atomic E-state index is -0.134. The average Bonchev–Trinajstić information content (AvgIpc) is 3.11. The molecular weight excluding hydrogens is 362 g/mol. The van der Waals surface area contributed by atoms with Crippen LogP contribution in [-0.4, -0.2) is 10.9 Å². The highest BCUT2D eigenvalue weighted by molar-refractivity contribution is 5.92. The molecule has 0 saturated carbocycles. The van der Waals surface area contributed by atoms with Crippen LogP contribution >= 0.6 is 0 Å². The van der Waals surface area contributed by atoms with Gasteiger partial charge in [-0.2, -0.15) is 0 Å². The van der Waals surface area contributed by atoms with Crippen molar-refractivity contribution in [1.82, 2.24) is 4.98 Å². The summed E-state index contributed by atoms with van der Waals surface area (Å²) in [5.74, 6) is 1.05. The maximum Gasteiger partial charge on any atom is 0.230 e. The predicted octanol–water partition coefficient (Wildman–Crippen LogP) is 5.57. The lowest BCUT2D eigenvalue weighted by Gasteiger charge is -2.08. The lowest BCUT2D eigenvalue weighted by atomic mass is 10.2. The SMILES string of the molecule is Cc1oc(-c2ccccc2)nc1CC(=O)Nc1ccc(Nc2ccccc2)cc1. The van der Waals surface area contributed by atoms with Crippen molar-refractivity contribution in [1.29, 1.82) is 0 Å². The molecule has 0 bridgehead atoms. The molecule has 0 aliphatic carbocycles. The molecule has 0 radical (unpaired) electrons. The summed E-state index contributed by atoms with van der Waals surface area (Å²) in [6.45, 7) is 1.83. The number of rotatable bonds is 6. The van der Waals surface area contributed by atoms with Crippen LogP contribution in [0.15, 0.2) is 89.3 Å². The first-order chi connectivity index (χ1) is 14.2. The Morgan fingerprint density at radius 1 is 0.828 bits per heavy atom. The van der Waals surface area contributed by atoms with Crippen molar-refractivity contribution in [2.24, 2.45) is 0 Å². The van der Waals surface area contributed by atoms with E-state index in [0.29, 0.717) is 17.3 Å². The summed E-state index contributed by atoms with van der Waals surface area (Å²) in [5, 5.41) is 6.22. The Hall–Kier alpha value is -3.86. The number of nitrogens with zero attached hydrogens (tertiary/aromatic N) is 1. The minimum absolute atomic E-state index is 0.134. The second-order valence-electron chi connectivity index (χ2n) is 6.68. The summed E-state index contributed by atoms with van der Waals surface area (Å²) in [4.78, 5) is 16.9. The first-order valence-corrected chi connectivity index (χ1v) is 9.41. The highest BCUT2D eigenvalue weighted by Gasteiger charge is 2.14. The van der Waals surface area contributed by atoms with E-state index in [0.717, 1.165) is 22.6 Å². The molecule has 0 aliphatic heterocycles. The average molecular weight is 383 g/mol. The van der Waals surface area contributed by atoms with Crippen molar-refractivity contribution in [2.45, 2.75) is 13.3 Å². The number of benzene rings is 3. The molecule has 4 rings (SSSR count). The summed E-state index contributed by atoms with van der Waals surface area (Å²) >= 11 is 0. The number of para-hydroxylation sites is 1. The molecule has 2 N–H and O–H groups in total. The maximum atomic E-state index is 12.4. The van der Waals surface area contributed by atoms with Gasteiger partial charge in [-0.05, 0) is 55.5 Å². The minimum Gasteiger partial charge on any atom is -0.441 e. The molecule has 4 aromatic rings. The van der Waals surface area contributed by atoms with Gasteiger partial charge < -0.3 is 15.1 Å². The first-order valence-electron chi connectivity index (χ1n) is 9.41. The van der Waals surface area contributed by atoms with Crippen LogP contribution in [-0.2, 0) is 11.2 Å². The maximum absolute atomic E-state index is 12.4. The van der Waals surface area contributed by atoms with E-state index in [1.807, 2.05) is 91.9 Å². The fourth-order valence-electron chi connectivity index (χ4n) is 2.98. The molecule has 29 heavy (non-hydrogen) atoms. The lowest BCUT2D eigenvalue weighted by Crippen LogP contribution is -2.15. The highest BCUT2D eigenvalue weighted by Crippen LogP contribution is 2.22. The second-order valence-corrected chi connectivity index (χ2v) is 6.68. The van der Waals surface area contributed by atoms with Crippen molar-refractivity contribution in [3.63, 3.8) is 0 Å². The van der Waals surface area contributed by atoms with Gasteiger partial charge in [-0.15, -0.1) is 0 Å². The van der Waals surface area contributed by atoms with Gasteiger partial charge in [0.05, 0.1) is 12.1 Å². The van der Waals surface area contributed by atoms with Crippen LogP contribution in [0.2, 0.25) is 0 Å². The third-order valence-corrected chi connectivity index (χ3v) is 4.47. The summed E-state index contributed by atoms with van der Waals surface area (Å²) in [7, 11) is 0. The Labute approximate surface area is 169 Å². The third-order valence-electron chi connectivity index (χ3n) is 4.47. The highest BCUT2D eigenvalue weighted by atomic mass is 16.4. The van der Waals surface area contributed by atoms with E-state index in [1.54, 1.807) is 0 Å². The van der Waals surface area contributed by atoms with E-state index in [2.05, 4.69) is 15.6 Å². The molecule has 0 fully saturated rings. The van der Waals surface area contributed by atoms with Crippen molar-refractivity contribution >= 4 is 23.0 Å². The number of aryl methyl sites for hydroxylation is 1. The molecule has 1 aromatic heterocycles. The zero-order chi connectivity index (χ0) is 20.1. The number of nitrogens with one attached hydrogen (secondary N) is 2. The molecule has 0 aliphatic rings. The van der Waals surface area contributed by atoms with Gasteiger partial charge >= 0.3 is 0 Å². The van der Waals surface area contributed by atoms with E-state index in [-0.39, 0.29) is 12.3 Å². The van der Waals surface area contributed by atoms with Crippen LogP contribution in [0.3, 0.4) is 0 Å². The molecule has 5 heteroatoms. The molecule has 0 saturated heterocycles. The zero-order valence-corrected chi connectivity index (χ0v) is 16.1. The van der Waals surface area contributed by atoms with Gasteiger partial charge in [-0.3, -0.25) is 4.79 Å². The Morgan fingerprint density at radius 3 is 2.10 bits per heavy atom. The van der Waals surface area contributed by atoms with Gasteiger partial charge in [0.15, 0.2) is 0 Å². The molecule has 5 nitrogen and oxygen atoms in total. The van der Waals surface area contributed by atoms with E-state index < -0.39 is 0 Å². The molecule has 0 spiro atoms. The first kappa shape index (κ1) is 18.5. The Bertz CT molecular complexity index is 1090. The Balaban J connectivity index is 1.38. The van der Waals surface area contributed by atoms with Crippen molar-refractivity contribution < 1.29 is 9.21 Å². The van der Waals surface area contributed by atoms with E-state index >= 15 is 0 Å². The summed E-state index contributed by atoms with van der Waals surface area (Å²) in [6.07, 6.45) is 0.159. The molecule has 0 atom stereocenters. The Kier molecular flexibility index (Phi) is 5.38. The monoisotopic (exact) mass is 383 g/mol. The normalized spacial score (nSPS) is 10.5. The van der Waals surface area contributed by atoms with Gasteiger partial charge in [-0.1, -0.05) is 36.4 Å². The Morgan fingerprint density at radius 2 is 1.41 bits per heavy atom. The molecule has 3 aromatic carbocycles. The summed E-state index contributed by atoms with van der Waals surface area (Å²) in [6, 6.07) is 27.2. The smallest absolute Gasteiger partial charge is 0.230 e. The summed E-state index contributed by atoms with van der Waals surface area (Å²) in [5.41, 5.74) is 4.24. The largest absolute Gasteiger partial charge is 0.441 e. The van der Waals surface area contributed by atoms with Crippen LogP contribution < -0.4 is 10.6 Å².